The number of Topliss-reactive ketones (excluding diaryl/α,β-unsaturated/α-hetero) is 1. The number of nitrogens with zero attached hydrogens (tertiary/aromatic N) is 1. The molecule has 0 saturated carbocycles. The van der Waals surface area contributed by atoms with Crippen molar-refractivity contribution in [2.45, 2.75) is 58.0 Å². The Balaban J connectivity index is 1.23. The van der Waals surface area contributed by atoms with Gasteiger partial charge in [-0.15, -0.1) is 0 Å². The minimum atomic E-state index is -0.649. The Labute approximate surface area is 330 Å². The average Bonchev–Trinajstić information content (AvgIpc) is 3.21. The van der Waals surface area contributed by atoms with Crippen molar-refractivity contribution in [1.29, 1.82) is 0 Å². The molecule has 5 atom stereocenters. The largest absolute Gasteiger partial charge is 0.392 e. The Morgan fingerprint density at radius 1 is 0.696 bits per heavy atom. The number of aliphatic hydroxyl groups excluding tert-OH is 1. The smallest absolute Gasteiger partial charge is 0.315 e. The van der Waals surface area contributed by atoms with Gasteiger partial charge in [0.1, 0.15) is 0 Å². The summed E-state index contributed by atoms with van der Waals surface area (Å²) in [5, 5.41) is 15.4. The van der Waals surface area contributed by atoms with E-state index >= 15 is 0 Å². The lowest BCUT2D eigenvalue weighted by Gasteiger charge is -2.43. The number of carbonyl (C=O) groups excluding carboxylic acids is 2. The zero-order chi connectivity index (χ0) is 39.4. The van der Waals surface area contributed by atoms with Crippen molar-refractivity contribution in [3.05, 3.63) is 107 Å². The summed E-state index contributed by atoms with van der Waals surface area (Å²) in [6, 6.07) is 24.3. The van der Waals surface area contributed by atoms with E-state index in [0.29, 0.717) is 92.1 Å². The molecule has 0 bridgehead atoms. The van der Waals surface area contributed by atoms with E-state index in [0.717, 1.165) is 27.8 Å². The highest BCUT2D eigenvalue weighted by molar-refractivity contribution is 5.87. The zero-order valence-electron chi connectivity index (χ0n) is 32.8. The number of benzene rings is 3. The molecule has 0 radical (unpaired) electrons. The maximum absolute atomic E-state index is 12.8. The summed E-state index contributed by atoms with van der Waals surface area (Å²) in [6.07, 6.45) is -0.694. The van der Waals surface area contributed by atoms with Gasteiger partial charge in [-0.05, 0) is 35.6 Å². The molecule has 0 aromatic heterocycles. The van der Waals surface area contributed by atoms with Gasteiger partial charge in [-0.3, -0.25) is 9.69 Å². The number of hydrogen-bond donors (Lipinski definition) is 3. The summed E-state index contributed by atoms with van der Waals surface area (Å²) < 4.78 is 42.1. The number of ketones is 1. The second kappa shape index (κ2) is 24.1. The van der Waals surface area contributed by atoms with Crippen molar-refractivity contribution >= 4 is 11.8 Å². The molecule has 13 nitrogen and oxygen atoms in total. The molecule has 0 aliphatic carbocycles. The molecule has 2 saturated heterocycles. The van der Waals surface area contributed by atoms with Crippen LogP contribution in [0.2, 0.25) is 0 Å². The van der Waals surface area contributed by atoms with E-state index in [1.807, 2.05) is 78.9 Å². The third-order valence-electron chi connectivity index (χ3n) is 9.94. The lowest BCUT2D eigenvalue weighted by atomic mass is 9.90. The van der Waals surface area contributed by atoms with E-state index in [1.54, 1.807) is 0 Å². The summed E-state index contributed by atoms with van der Waals surface area (Å²) in [5.74, 6) is -0.114. The van der Waals surface area contributed by atoms with Crippen LogP contribution in [0.3, 0.4) is 0 Å². The number of carbonyl (C=O) groups is 2. The van der Waals surface area contributed by atoms with Gasteiger partial charge in [0, 0.05) is 37.7 Å². The number of nitrogens with one attached hydrogen (secondary N) is 2. The third kappa shape index (κ3) is 14.6. The molecule has 13 heteroatoms. The Hall–Kier alpha value is -3.76. The molecule has 2 fully saturated rings. The van der Waals surface area contributed by atoms with E-state index < -0.39 is 18.4 Å². The number of urea groups is 1. The second-order valence-electron chi connectivity index (χ2n) is 14.1. The van der Waals surface area contributed by atoms with E-state index in [9.17, 15) is 14.7 Å². The molecule has 2 aliphatic rings. The standard InChI is InChI=1S/C43H59N3O10/c1-32-40(30-46-16-18-50-20-22-52-24-26-54-27-25-53-23-21-51-19-17-46)55-42(56-41(32)37-12-10-36(31-47)11-13-37)38-14-8-35(9-15-38)29-44-43(49)45-39(33(2)48)28-34-6-4-3-5-7-34/h3-15,32,39-42,47H,16-31H2,1-2H3,(H2,44,45,49)/t32-,39+,40+,41+,42?/m0/s1. The summed E-state index contributed by atoms with van der Waals surface area (Å²) in [5.41, 5.74) is 4.55. The molecule has 3 aromatic rings. The summed E-state index contributed by atoms with van der Waals surface area (Å²) in [4.78, 5) is 27.4. The minimum Gasteiger partial charge on any atom is -0.392 e. The third-order valence-corrected chi connectivity index (χ3v) is 9.94. The summed E-state index contributed by atoms with van der Waals surface area (Å²) in [7, 11) is 0. The first kappa shape index (κ1) is 43.4. The molecular formula is C43H59N3O10. The van der Waals surface area contributed by atoms with Crippen LogP contribution in [0.25, 0.3) is 0 Å². The Kier molecular flexibility index (Phi) is 18.7. The second-order valence-corrected chi connectivity index (χ2v) is 14.1. The highest BCUT2D eigenvalue weighted by Gasteiger charge is 2.39. The molecule has 5 rings (SSSR count). The van der Waals surface area contributed by atoms with Crippen molar-refractivity contribution in [3.63, 3.8) is 0 Å². The lowest BCUT2D eigenvalue weighted by molar-refractivity contribution is -0.276. The fraction of sp³-hybridized carbons (Fsp3) is 0.535. The van der Waals surface area contributed by atoms with Crippen molar-refractivity contribution in [3.8, 4) is 0 Å². The number of amides is 2. The van der Waals surface area contributed by atoms with Crippen LogP contribution >= 0.6 is 0 Å². The maximum atomic E-state index is 12.8. The summed E-state index contributed by atoms with van der Waals surface area (Å²) in [6.45, 7) is 11.0. The molecule has 56 heavy (non-hydrogen) atoms. The van der Waals surface area contributed by atoms with Gasteiger partial charge in [-0.2, -0.15) is 0 Å². The van der Waals surface area contributed by atoms with Gasteiger partial charge in [0.2, 0.25) is 0 Å². The van der Waals surface area contributed by atoms with Crippen molar-refractivity contribution in [2.75, 3.05) is 85.7 Å². The zero-order valence-corrected chi connectivity index (χ0v) is 32.8. The Morgan fingerprint density at radius 3 is 1.79 bits per heavy atom. The minimum absolute atomic E-state index is 0.00664. The summed E-state index contributed by atoms with van der Waals surface area (Å²) >= 11 is 0. The first-order valence-electron chi connectivity index (χ1n) is 19.7. The first-order chi connectivity index (χ1) is 27.4. The van der Waals surface area contributed by atoms with E-state index in [2.05, 4.69) is 22.5 Å². The van der Waals surface area contributed by atoms with Gasteiger partial charge in [0.25, 0.3) is 0 Å². The maximum Gasteiger partial charge on any atom is 0.315 e. The number of hydrogen-bond acceptors (Lipinski definition) is 11. The highest BCUT2D eigenvalue weighted by atomic mass is 16.7. The van der Waals surface area contributed by atoms with Crippen molar-refractivity contribution < 1.29 is 47.9 Å². The molecule has 2 heterocycles. The quantitative estimate of drug-likeness (QED) is 0.255. The van der Waals surface area contributed by atoms with Crippen molar-refractivity contribution in [2.24, 2.45) is 5.92 Å². The van der Waals surface area contributed by atoms with Crippen LogP contribution in [-0.4, -0.2) is 120 Å². The van der Waals surface area contributed by atoms with Gasteiger partial charge in [0.05, 0.1) is 90.9 Å². The molecule has 3 aromatic carbocycles. The molecule has 306 valence electrons. The van der Waals surface area contributed by atoms with Gasteiger partial charge in [-0.25, -0.2) is 4.79 Å². The topological polar surface area (TPSA) is 146 Å². The molecular weight excluding hydrogens is 718 g/mol. The van der Waals surface area contributed by atoms with Gasteiger partial charge < -0.3 is 48.9 Å². The predicted octanol–water partition coefficient (Wildman–Crippen LogP) is 4.37. The normalized spacial score (nSPS) is 23.3. The van der Waals surface area contributed by atoms with Crippen LogP contribution in [0.1, 0.15) is 54.1 Å². The Bertz CT molecular complexity index is 1540. The number of ether oxygens (including phenoxy) is 7. The van der Waals surface area contributed by atoms with Gasteiger partial charge >= 0.3 is 6.03 Å². The van der Waals surface area contributed by atoms with Crippen LogP contribution in [0.5, 0.6) is 0 Å². The SMILES string of the molecule is CC(=O)[C@@H](Cc1ccccc1)NC(=O)NCc1ccc(C2O[C@H](CN3CCOCCOCCOCCOCCOCC3)[C@H](C)[C@H](c3ccc(CO)cc3)O2)cc1. The van der Waals surface area contributed by atoms with Crippen LogP contribution < -0.4 is 10.6 Å². The molecule has 0 spiro atoms. The average molecular weight is 778 g/mol. The van der Waals surface area contributed by atoms with Crippen LogP contribution in [0, 0.1) is 5.92 Å². The fourth-order valence-corrected chi connectivity index (χ4v) is 6.58. The van der Waals surface area contributed by atoms with Crippen molar-refractivity contribution in [1.82, 2.24) is 15.5 Å². The highest BCUT2D eigenvalue weighted by Crippen LogP contribution is 2.42. The van der Waals surface area contributed by atoms with Gasteiger partial charge in [0.15, 0.2) is 12.1 Å². The van der Waals surface area contributed by atoms with Crippen LogP contribution in [0.15, 0.2) is 78.9 Å². The molecule has 2 aliphatic heterocycles. The fourth-order valence-electron chi connectivity index (χ4n) is 6.58. The molecule has 3 N–H and O–H groups in total. The Morgan fingerprint density at radius 2 is 1.23 bits per heavy atom. The van der Waals surface area contributed by atoms with Crippen LogP contribution in [-0.2, 0) is 57.5 Å². The first-order valence-corrected chi connectivity index (χ1v) is 19.7. The number of rotatable bonds is 11. The monoisotopic (exact) mass is 777 g/mol. The predicted molar refractivity (Wildman–Crippen MR) is 210 cm³/mol. The molecule has 1 unspecified atom stereocenters. The number of aliphatic hydroxyl groups is 1. The van der Waals surface area contributed by atoms with E-state index in [-0.39, 0.29) is 37.1 Å². The van der Waals surface area contributed by atoms with Gasteiger partial charge in [-0.1, -0.05) is 85.8 Å². The van der Waals surface area contributed by atoms with E-state index in [1.165, 1.54) is 6.92 Å². The molecule has 2 amide bonds. The van der Waals surface area contributed by atoms with E-state index in [4.69, 9.17) is 33.2 Å². The lowest BCUT2D eigenvalue weighted by Crippen LogP contribution is -2.46. The van der Waals surface area contributed by atoms with Crippen LogP contribution in [0.4, 0.5) is 4.79 Å².